The smallest absolute Gasteiger partial charge is 0.381 e. The number of nitrogens with zero attached hydrogens (tertiary/aromatic N) is 4. The molecule has 0 aliphatic rings. The third kappa shape index (κ3) is 4.80. The lowest BCUT2D eigenvalue weighted by atomic mass is 10.0. The number of rotatable bonds is 5. The van der Waals surface area contributed by atoms with Gasteiger partial charge in [-0.15, -0.1) is 0 Å². The van der Waals surface area contributed by atoms with Crippen molar-refractivity contribution < 1.29 is 22.4 Å². The molecule has 0 atom stereocenters. The molecule has 0 saturated carbocycles. The molecule has 2 aromatic carbocycles. The summed E-state index contributed by atoms with van der Waals surface area (Å²) in [5, 5.41) is 3.12. The number of anilines is 1. The Balaban J connectivity index is 1.70. The first-order valence-electron chi connectivity index (χ1n) is 11.3. The second-order valence-corrected chi connectivity index (χ2v) is 8.50. The fourth-order valence-corrected chi connectivity index (χ4v) is 4.10. The molecule has 0 unspecified atom stereocenters. The van der Waals surface area contributed by atoms with Crippen LogP contribution < -0.4 is 11.1 Å². The number of fused-ring (bicyclic) bond motifs is 2. The summed E-state index contributed by atoms with van der Waals surface area (Å²) in [5.41, 5.74) is 10.2. The molecule has 188 valence electrons. The number of halogens is 4. The molecule has 37 heavy (non-hydrogen) atoms. The van der Waals surface area contributed by atoms with E-state index in [2.05, 4.69) is 20.3 Å². The van der Waals surface area contributed by atoms with E-state index in [1.54, 1.807) is 22.7 Å². The van der Waals surface area contributed by atoms with E-state index in [4.69, 9.17) is 5.73 Å². The highest BCUT2D eigenvalue weighted by molar-refractivity contribution is 5.95. The van der Waals surface area contributed by atoms with Gasteiger partial charge in [0.2, 0.25) is 0 Å². The van der Waals surface area contributed by atoms with Crippen molar-refractivity contribution in [2.24, 2.45) is 0 Å². The summed E-state index contributed by atoms with van der Waals surface area (Å²) in [5.74, 6) is -1.21. The van der Waals surface area contributed by atoms with Crippen molar-refractivity contribution in [2.75, 3.05) is 12.3 Å². The van der Waals surface area contributed by atoms with Crippen LogP contribution in [0.15, 0.2) is 60.9 Å². The predicted octanol–water partition coefficient (Wildman–Crippen LogP) is 5.32. The average Bonchev–Trinajstić information content (AvgIpc) is 3.30. The van der Waals surface area contributed by atoms with Crippen LogP contribution in [-0.2, 0) is 0 Å². The Hall–Kier alpha value is -4.54. The number of benzene rings is 2. The van der Waals surface area contributed by atoms with Gasteiger partial charge in [-0.2, -0.15) is 13.2 Å². The van der Waals surface area contributed by atoms with Crippen LogP contribution in [-0.4, -0.2) is 38.0 Å². The van der Waals surface area contributed by atoms with Crippen molar-refractivity contribution in [3.05, 3.63) is 78.0 Å². The number of carbonyl (C=O) groups is 1. The van der Waals surface area contributed by atoms with Crippen molar-refractivity contribution in [3.8, 4) is 22.5 Å². The zero-order valence-electron chi connectivity index (χ0n) is 19.5. The van der Waals surface area contributed by atoms with Crippen LogP contribution in [0.2, 0.25) is 0 Å². The van der Waals surface area contributed by atoms with Crippen molar-refractivity contribution in [2.45, 2.75) is 19.5 Å². The van der Waals surface area contributed by atoms with E-state index in [-0.39, 0.29) is 17.2 Å². The number of aromatic nitrogens is 4. The summed E-state index contributed by atoms with van der Waals surface area (Å²) in [6, 6.07) is 13.2. The van der Waals surface area contributed by atoms with Gasteiger partial charge in [-0.3, -0.25) is 14.2 Å². The maximum atomic E-state index is 13.7. The molecule has 0 aliphatic heterocycles. The zero-order chi connectivity index (χ0) is 26.3. The molecule has 7 nitrogen and oxygen atoms in total. The second kappa shape index (κ2) is 9.16. The Bertz CT molecular complexity index is 1640. The van der Waals surface area contributed by atoms with Crippen LogP contribution in [0, 0.1) is 12.7 Å². The third-order valence-electron chi connectivity index (χ3n) is 5.91. The molecular weight excluding hydrogens is 488 g/mol. The Morgan fingerprint density at radius 3 is 2.51 bits per heavy atom. The van der Waals surface area contributed by atoms with Gasteiger partial charge >= 0.3 is 6.18 Å². The lowest BCUT2D eigenvalue weighted by Gasteiger charge is -2.14. The van der Waals surface area contributed by atoms with Gasteiger partial charge in [-0.25, -0.2) is 14.4 Å². The first-order valence-corrected chi connectivity index (χ1v) is 11.3. The summed E-state index contributed by atoms with van der Waals surface area (Å²) in [7, 11) is 0. The van der Waals surface area contributed by atoms with Gasteiger partial charge in [-0.1, -0.05) is 6.07 Å². The number of nitrogens with one attached hydrogen (secondary N) is 1. The maximum absolute atomic E-state index is 13.7. The number of alkyl halides is 3. The van der Waals surface area contributed by atoms with Gasteiger partial charge in [0.25, 0.3) is 5.91 Å². The quantitative estimate of drug-likeness (QED) is 0.313. The predicted molar refractivity (Wildman–Crippen MR) is 131 cm³/mol. The van der Waals surface area contributed by atoms with E-state index in [1.807, 2.05) is 31.2 Å². The van der Waals surface area contributed by atoms with Gasteiger partial charge in [0.1, 0.15) is 11.5 Å². The molecule has 11 heteroatoms. The number of nitrogen functional groups attached to an aromatic ring is 1. The van der Waals surface area contributed by atoms with Crippen LogP contribution in [0.3, 0.4) is 0 Å². The number of nitrogens with two attached hydrogens (primary N) is 1. The number of amides is 1. The molecular formula is C26H20F4N6O. The highest BCUT2D eigenvalue weighted by Crippen LogP contribution is 2.35. The van der Waals surface area contributed by atoms with Gasteiger partial charge in [0, 0.05) is 35.5 Å². The number of imidazole rings is 1. The lowest BCUT2D eigenvalue weighted by molar-refractivity contribution is -0.133. The molecule has 0 fully saturated rings. The van der Waals surface area contributed by atoms with Crippen molar-refractivity contribution in [1.29, 1.82) is 0 Å². The second-order valence-electron chi connectivity index (χ2n) is 8.50. The fourth-order valence-electron chi connectivity index (χ4n) is 4.10. The van der Waals surface area contributed by atoms with Gasteiger partial charge < -0.3 is 11.1 Å². The first-order chi connectivity index (χ1) is 17.6. The topological polar surface area (TPSA) is 98.2 Å². The SMILES string of the molecule is Cc1ccnc2ccc(-c3c(-c4ccc(F)cc4)nc(N)c4nc(C(=O)NCCC(F)(F)F)cn34)cc12. The number of hydrogen-bond acceptors (Lipinski definition) is 5. The number of pyridine rings is 1. The number of aryl methyl sites for hydroxylation is 1. The monoisotopic (exact) mass is 508 g/mol. The van der Waals surface area contributed by atoms with E-state index in [9.17, 15) is 22.4 Å². The van der Waals surface area contributed by atoms with Gasteiger partial charge in [-0.05, 0) is 55.0 Å². The fraction of sp³-hybridized carbons (Fsp3) is 0.154. The summed E-state index contributed by atoms with van der Waals surface area (Å²) in [4.78, 5) is 25.8. The van der Waals surface area contributed by atoms with Crippen molar-refractivity contribution in [3.63, 3.8) is 0 Å². The Labute approximate surface area is 208 Å². The molecule has 5 aromatic rings. The normalized spacial score (nSPS) is 11.8. The Kier molecular flexibility index (Phi) is 5.98. The van der Waals surface area contributed by atoms with Crippen LogP contribution >= 0.6 is 0 Å². The third-order valence-corrected chi connectivity index (χ3v) is 5.91. The number of carbonyl (C=O) groups excluding carboxylic acids is 1. The summed E-state index contributed by atoms with van der Waals surface area (Å²) in [6.07, 6.45) is -2.45. The summed E-state index contributed by atoms with van der Waals surface area (Å²) >= 11 is 0. The van der Waals surface area contributed by atoms with Crippen LogP contribution in [0.4, 0.5) is 23.4 Å². The highest BCUT2D eigenvalue weighted by atomic mass is 19.4. The molecule has 0 spiro atoms. The minimum atomic E-state index is -4.40. The maximum Gasteiger partial charge on any atom is 0.390 e. The van der Waals surface area contributed by atoms with E-state index >= 15 is 0 Å². The molecule has 1 amide bonds. The van der Waals surface area contributed by atoms with E-state index < -0.39 is 30.9 Å². The summed E-state index contributed by atoms with van der Waals surface area (Å²) in [6.45, 7) is 1.36. The van der Waals surface area contributed by atoms with Crippen LogP contribution in [0.25, 0.3) is 39.1 Å². The first kappa shape index (κ1) is 24.2. The van der Waals surface area contributed by atoms with E-state index in [1.165, 1.54) is 18.3 Å². The van der Waals surface area contributed by atoms with Crippen molar-refractivity contribution >= 4 is 28.3 Å². The van der Waals surface area contributed by atoms with Crippen molar-refractivity contribution in [1.82, 2.24) is 24.7 Å². The molecule has 5 rings (SSSR count). The van der Waals surface area contributed by atoms with Gasteiger partial charge in [0.05, 0.1) is 23.3 Å². The molecule has 0 saturated heterocycles. The molecule has 3 aromatic heterocycles. The van der Waals surface area contributed by atoms with Gasteiger partial charge in [0.15, 0.2) is 11.5 Å². The van der Waals surface area contributed by atoms with Crippen LogP contribution in [0.5, 0.6) is 0 Å². The number of hydrogen-bond donors (Lipinski definition) is 2. The molecule has 3 heterocycles. The Morgan fingerprint density at radius 2 is 1.78 bits per heavy atom. The summed E-state index contributed by atoms with van der Waals surface area (Å²) < 4.78 is 52.8. The molecule has 0 aliphatic carbocycles. The molecule has 0 radical (unpaired) electrons. The zero-order valence-corrected chi connectivity index (χ0v) is 19.5. The van der Waals surface area contributed by atoms with E-state index in [0.717, 1.165) is 16.5 Å². The largest absolute Gasteiger partial charge is 0.390 e. The minimum absolute atomic E-state index is 0.00365. The minimum Gasteiger partial charge on any atom is -0.381 e. The standard InChI is InChI=1S/C26H20F4N6O/c1-14-8-10-32-19-7-4-16(12-18(14)19)22-21(15-2-5-17(27)6-3-15)35-23(31)24-34-20(13-36(22)24)25(37)33-11-9-26(28,29)30/h2-8,10,12-13H,9,11H2,1H3,(H2,31,35)(H,33,37). The Morgan fingerprint density at radius 1 is 1.05 bits per heavy atom. The van der Waals surface area contributed by atoms with Crippen LogP contribution in [0.1, 0.15) is 22.5 Å². The average molecular weight is 508 g/mol. The van der Waals surface area contributed by atoms with E-state index in [0.29, 0.717) is 22.5 Å². The molecule has 3 N–H and O–H groups in total. The lowest BCUT2D eigenvalue weighted by Crippen LogP contribution is -2.28. The highest BCUT2D eigenvalue weighted by Gasteiger charge is 2.27. The molecule has 0 bridgehead atoms.